The fourth-order valence-corrected chi connectivity index (χ4v) is 2.48. The summed E-state index contributed by atoms with van der Waals surface area (Å²) in [5.41, 5.74) is 3.50. The number of hydrogen-bond acceptors (Lipinski definition) is 4. The molecule has 0 saturated heterocycles. The minimum Gasteiger partial charge on any atom is -0.444 e. The van der Waals surface area contributed by atoms with Gasteiger partial charge in [0.1, 0.15) is 0 Å². The minimum absolute atomic E-state index is 0.328. The van der Waals surface area contributed by atoms with Crippen LogP contribution in [0.4, 0.5) is 0 Å². The first-order chi connectivity index (χ1) is 11.0. The maximum atomic E-state index is 10.3. The van der Waals surface area contributed by atoms with Crippen LogP contribution >= 0.6 is 11.6 Å². The fourth-order valence-electron chi connectivity index (χ4n) is 2.29. The van der Waals surface area contributed by atoms with Crippen LogP contribution in [-0.2, 0) is 16.1 Å². The van der Waals surface area contributed by atoms with E-state index < -0.39 is 5.56 Å². The Kier molecular flexibility index (Phi) is 5.75. The van der Waals surface area contributed by atoms with Crippen LogP contribution in [0.15, 0.2) is 42.5 Å². The molecule has 2 aromatic carbocycles. The summed E-state index contributed by atoms with van der Waals surface area (Å²) in [6, 6.07) is 15.5. The van der Waals surface area contributed by atoms with Gasteiger partial charge in [-0.05, 0) is 36.9 Å². The van der Waals surface area contributed by atoms with E-state index in [1.165, 1.54) is 0 Å². The second kappa shape index (κ2) is 7.77. The molecule has 2 rings (SSSR count). The first kappa shape index (κ1) is 17.0. The van der Waals surface area contributed by atoms with E-state index >= 15 is 0 Å². The van der Waals surface area contributed by atoms with Gasteiger partial charge in [-0.25, -0.2) is 0 Å². The van der Waals surface area contributed by atoms with Crippen LogP contribution in [0.25, 0.3) is 11.1 Å². The summed E-state index contributed by atoms with van der Waals surface area (Å²) in [6.45, 7) is 1.05. The lowest BCUT2D eigenvalue weighted by Crippen LogP contribution is -2.11. The number of alkyl halides is 1. The summed E-state index contributed by atoms with van der Waals surface area (Å²) < 4.78 is 4.70. The van der Waals surface area contributed by atoms with Crippen molar-refractivity contribution in [2.75, 3.05) is 14.1 Å². The van der Waals surface area contributed by atoms with Crippen molar-refractivity contribution in [3.63, 3.8) is 0 Å². The maximum absolute atomic E-state index is 10.3. The van der Waals surface area contributed by atoms with Gasteiger partial charge in [-0.1, -0.05) is 48.0 Å². The molecule has 1 unspecified atom stereocenters. The summed E-state index contributed by atoms with van der Waals surface area (Å²) in [6.07, 6.45) is 0. The van der Waals surface area contributed by atoms with Gasteiger partial charge in [0.05, 0.1) is 11.6 Å². The number of rotatable bonds is 6. The summed E-state index contributed by atoms with van der Waals surface area (Å²) >= 11 is 5.92. The molecule has 5 heteroatoms. The fraction of sp³-hybridized carbons (Fsp3) is 0.222. The molecule has 0 aliphatic carbocycles. The highest BCUT2D eigenvalue weighted by Gasteiger charge is 2.09. The average Bonchev–Trinajstić information content (AvgIpc) is 2.55. The normalized spacial score (nSPS) is 11.8. The van der Waals surface area contributed by atoms with Crippen LogP contribution in [-0.4, -0.2) is 25.5 Å². The molecule has 0 spiro atoms. The molecule has 0 radical (unpaired) electrons. The first-order valence-electron chi connectivity index (χ1n) is 7.06. The smallest absolute Gasteiger partial charge is 0.294 e. The van der Waals surface area contributed by atoms with Crippen molar-refractivity contribution in [3.8, 4) is 17.2 Å². The van der Waals surface area contributed by atoms with Gasteiger partial charge >= 0.3 is 0 Å². The summed E-state index contributed by atoms with van der Waals surface area (Å²) in [5, 5.41) is 9.34. The predicted octanol–water partition coefficient (Wildman–Crippen LogP) is 3.70. The van der Waals surface area contributed by atoms with Gasteiger partial charge in [0.2, 0.25) is 5.56 Å². The van der Waals surface area contributed by atoms with Gasteiger partial charge in [0.15, 0.2) is 0 Å². The third kappa shape index (κ3) is 4.32. The Hall–Kier alpha value is -2.35. The van der Waals surface area contributed by atoms with Crippen LogP contribution in [0.3, 0.4) is 0 Å². The average molecular weight is 329 g/mol. The number of carbonyl (C=O) groups is 1. The molecule has 0 fully saturated rings. The largest absolute Gasteiger partial charge is 0.444 e. The first-order valence-corrected chi connectivity index (χ1v) is 7.50. The number of nitriles is 1. The van der Waals surface area contributed by atoms with Gasteiger partial charge in [0, 0.05) is 12.1 Å². The number of carbonyl (C=O) groups excluding carboxylic acids is 1. The molecular weight excluding hydrogens is 312 g/mol. The Morgan fingerprint density at radius 3 is 2.43 bits per heavy atom. The van der Waals surface area contributed by atoms with E-state index in [0.29, 0.717) is 17.6 Å². The molecule has 23 heavy (non-hydrogen) atoms. The summed E-state index contributed by atoms with van der Waals surface area (Å²) in [5.74, 6) is 0. The molecule has 0 saturated carbocycles. The number of ether oxygens (including phenoxy) is 1. The monoisotopic (exact) mass is 328 g/mol. The Bertz CT molecular complexity index is 721. The Labute approximate surface area is 140 Å². The van der Waals surface area contributed by atoms with Gasteiger partial charge < -0.3 is 9.64 Å². The lowest BCUT2D eigenvalue weighted by molar-refractivity contribution is -0.130. The maximum Gasteiger partial charge on any atom is 0.294 e. The van der Waals surface area contributed by atoms with Crippen LogP contribution < -0.4 is 0 Å². The lowest BCUT2D eigenvalue weighted by Gasteiger charge is -2.13. The molecule has 0 bridgehead atoms. The van der Waals surface area contributed by atoms with Crippen LogP contribution in [0, 0.1) is 11.3 Å². The van der Waals surface area contributed by atoms with Crippen molar-refractivity contribution in [2.24, 2.45) is 0 Å². The molecule has 118 valence electrons. The van der Waals surface area contributed by atoms with E-state index in [2.05, 4.69) is 6.07 Å². The highest BCUT2D eigenvalue weighted by molar-refractivity contribution is 6.20. The number of halogens is 1. The van der Waals surface area contributed by atoms with Crippen molar-refractivity contribution in [2.45, 2.75) is 12.1 Å². The van der Waals surface area contributed by atoms with Gasteiger partial charge in [-0.15, -0.1) is 0 Å². The van der Waals surface area contributed by atoms with E-state index in [0.717, 1.165) is 23.2 Å². The van der Waals surface area contributed by atoms with Gasteiger partial charge in [-0.3, -0.25) is 4.79 Å². The van der Waals surface area contributed by atoms with Gasteiger partial charge in [0.25, 0.3) is 6.47 Å². The molecule has 1 atom stereocenters. The molecule has 2 aromatic rings. The SMILES string of the molecule is CN(C)Cc1ccc(-c2ccc(C(Cl)OC=O)cc2)cc1C#N. The quantitative estimate of drug-likeness (QED) is 0.599. The topological polar surface area (TPSA) is 53.3 Å². The van der Waals surface area contributed by atoms with E-state index in [1.807, 2.05) is 49.3 Å². The van der Waals surface area contributed by atoms with Crippen molar-refractivity contribution >= 4 is 18.1 Å². The molecule has 0 N–H and O–H groups in total. The Morgan fingerprint density at radius 2 is 1.87 bits per heavy atom. The molecular formula is C18H17ClN2O2. The summed E-state index contributed by atoms with van der Waals surface area (Å²) in [7, 11) is 3.94. The van der Waals surface area contributed by atoms with Gasteiger partial charge in [-0.2, -0.15) is 5.26 Å². The highest BCUT2D eigenvalue weighted by Crippen LogP contribution is 2.27. The minimum atomic E-state index is -0.793. The zero-order chi connectivity index (χ0) is 16.8. The van der Waals surface area contributed by atoms with E-state index in [9.17, 15) is 10.1 Å². The zero-order valence-corrected chi connectivity index (χ0v) is 13.7. The molecule has 0 aliphatic rings. The number of nitrogens with zero attached hydrogens (tertiary/aromatic N) is 2. The Morgan fingerprint density at radius 1 is 1.22 bits per heavy atom. The number of hydrogen-bond donors (Lipinski definition) is 0. The second-order valence-corrected chi connectivity index (χ2v) is 5.79. The standard InChI is InChI=1S/C18H17ClN2O2/c1-21(2)11-16-8-7-15(9-17(16)10-20)13-3-5-14(6-4-13)18(19)23-12-22/h3-9,12,18H,11H2,1-2H3. The van der Waals surface area contributed by atoms with Crippen molar-refractivity contribution < 1.29 is 9.53 Å². The van der Waals surface area contributed by atoms with E-state index in [-0.39, 0.29) is 0 Å². The van der Waals surface area contributed by atoms with Crippen molar-refractivity contribution in [3.05, 3.63) is 59.2 Å². The molecule has 4 nitrogen and oxygen atoms in total. The lowest BCUT2D eigenvalue weighted by atomic mass is 9.98. The van der Waals surface area contributed by atoms with Crippen molar-refractivity contribution in [1.29, 1.82) is 5.26 Å². The molecule has 0 aliphatic heterocycles. The predicted molar refractivity (Wildman–Crippen MR) is 89.7 cm³/mol. The second-order valence-electron chi connectivity index (χ2n) is 5.39. The van der Waals surface area contributed by atoms with E-state index in [4.69, 9.17) is 16.3 Å². The highest BCUT2D eigenvalue weighted by atomic mass is 35.5. The van der Waals surface area contributed by atoms with Crippen LogP contribution in [0.5, 0.6) is 0 Å². The van der Waals surface area contributed by atoms with E-state index in [1.54, 1.807) is 12.1 Å². The molecule has 0 aromatic heterocycles. The van der Waals surface area contributed by atoms with Crippen LogP contribution in [0.1, 0.15) is 22.3 Å². The zero-order valence-electron chi connectivity index (χ0n) is 13.0. The number of benzene rings is 2. The Balaban J connectivity index is 2.28. The third-order valence-corrected chi connectivity index (χ3v) is 3.75. The van der Waals surface area contributed by atoms with Crippen LogP contribution in [0.2, 0.25) is 0 Å². The molecule has 0 amide bonds. The third-order valence-electron chi connectivity index (χ3n) is 3.40. The molecule has 0 heterocycles. The summed E-state index contributed by atoms with van der Waals surface area (Å²) in [4.78, 5) is 12.3. The van der Waals surface area contributed by atoms with Crippen molar-refractivity contribution in [1.82, 2.24) is 4.90 Å².